The first kappa shape index (κ1) is 17.5. The maximum Gasteiger partial charge on any atom is 0.225 e. The lowest BCUT2D eigenvalue weighted by atomic mass is 9.99. The van der Waals surface area contributed by atoms with Crippen LogP contribution >= 0.6 is 0 Å². The molecular formula is C20H29N5. The summed E-state index contributed by atoms with van der Waals surface area (Å²) in [5, 5.41) is 6.65. The van der Waals surface area contributed by atoms with Crippen LogP contribution in [0, 0.1) is 5.92 Å². The van der Waals surface area contributed by atoms with Gasteiger partial charge >= 0.3 is 0 Å². The van der Waals surface area contributed by atoms with Crippen molar-refractivity contribution in [1.29, 1.82) is 0 Å². The Morgan fingerprint density at radius 3 is 2.36 bits per heavy atom. The predicted molar refractivity (Wildman–Crippen MR) is 106 cm³/mol. The van der Waals surface area contributed by atoms with Crippen LogP contribution in [0.5, 0.6) is 0 Å². The number of piperidine rings is 1. The number of benzene rings is 1. The van der Waals surface area contributed by atoms with Gasteiger partial charge in [0.25, 0.3) is 0 Å². The van der Waals surface area contributed by atoms with Crippen molar-refractivity contribution in [3.05, 3.63) is 36.5 Å². The number of nitrogens with zero attached hydrogens (tertiary/aromatic N) is 3. The third-order valence-electron chi connectivity index (χ3n) is 4.43. The molecule has 134 valence electrons. The number of aromatic nitrogens is 2. The second-order valence-corrected chi connectivity index (χ2v) is 7.98. The average Bonchev–Trinajstić information content (AvgIpc) is 2.55. The van der Waals surface area contributed by atoms with Crippen LogP contribution in [0.1, 0.15) is 40.5 Å². The van der Waals surface area contributed by atoms with Crippen molar-refractivity contribution >= 4 is 23.1 Å². The van der Waals surface area contributed by atoms with E-state index in [1.165, 1.54) is 18.5 Å². The summed E-state index contributed by atoms with van der Waals surface area (Å²) in [4.78, 5) is 11.3. The molecule has 5 nitrogen and oxygen atoms in total. The maximum atomic E-state index is 4.53. The zero-order chi connectivity index (χ0) is 17.9. The Morgan fingerprint density at radius 2 is 1.72 bits per heavy atom. The molecule has 0 unspecified atom stereocenters. The number of anilines is 4. The van der Waals surface area contributed by atoms with Crippen LogP contribution < -0.4 is 15.5 Å². The number of rotatable bonds is 4. The molecule has 0 saturated carbocycles. The van der Waals surface area contributed by atoms with Gasteiger partial charge in [0.05, 0.1) is 0 Å². The molecular weight excluding hydrogens is 310 g/mol. The van der Waals surface area contributed by atoms with Crippen LogP contribution in [0.25, 0.3) is 0 Å². The fourth-order valence-electron chi connectivity index (χ4n) is 2.99. The lowest BCUT2D eigenvalue weighted by molar-refractivity contribution is 0.438. The SMILES string of the molecule is CC1CCN(c2ccc(Nc3ccnc(NC(C)(C)C)n3)cc2)CC1. The number of hydrogen-bond acceptors (Lipinski definition) is 5. The summed E-state index contributed by atoms with van der Waals surface area (Å²) < 4.78 is 0. The molecule has 25 heavy (non-hydrogen) atoms. The summed E-state index contributed by atoms with van der Waals surface area (Å²) >= 11 is 0. The van der Waals surface area contributed by atoms with Crippen molar-refractivity contribution in [2.45, 2.75) is 46.1 Å². The zero-order valence-corrected chi connectivity index (χ0v) is 15.7. The van der Waals surface area contributed by atoms with Gasteiger partial charge in [-0.3, -0.25) is 0 Å². The summed E-state index contributed by atoms with van der Waals surface area (Å²) in [6, 6.07) is 10.5. The monoisotopic (exact) mass is 339 g/mol. The third-order valence-corrected chi connectivity index (χ3v) is 4.43. The summed E-state index contributed by atoms with van der Waals surface area (Å²) in [6.07, 6.45) is 4.33. The molecule has 1 aliphatic heterocycles. The van der Waals surface area contributed by atoms with Crippen LogP contribution in [0.2, 0.25) is 0 Å². The molecule has 0 aliphatic carbocycles. The highest BCUT2D eigenvalue weighted by molar-refractivity contribution is 5.61. The van der Waals surface area contributed by atoms with E-state index in [-0.39, 0.29) is 5.54 Å². The Bertz CT molecular complexity index is 682. The van der Waals surface area contributed by atoms with Crippen LogP contribution in [0.4, 0.5) is 23.1 Å². The molecule has 0 spiro atoms. The predicted octanol–water partition coefficient (Wildman–Crippen LogP) is 4.67. The summed E-state index contributed by atoms with van der Waals surface area (Å²) in [7, 11) is 0. The van der Waals surface area contributed by atoms with Crippen LogP contribution in [-0.4, -0.2) is 28.6 Å². The minimum atomic E-state index is -0.0633. The van der Waals surface area contributed by atoms with Crippen LogP contribution in [-0.2, 0) is 0 Å². The molecule has 0 bridgehead atoms. The standard InChI is InChI=1S/C20H29N5/c1-15-10-13-25(14-11-15)17-7-5-16(6-8-17)22-18-9-12-21-19(23-18)24-20(2,3)4/h5-9,12,15H,10-11,13-14H2,1-4H3,(H2,21,22,23,24). The molecule has 1 aromatic carbocycles. The van der Waals surface area contributed by atoms with Crippen LogP contribution in [0.3, 0.4) is 0 Å². The van der Waals surface area contributed by atoms with Crippen molar-refractivity contribution in [3.63, 3.8) is 0 Å². The smallest absolute Gasteiger partial charge is 0.225 e. The van der Waals surface area contributed by atoms with E-state index in [0.717, 1.165) is 30.5 Å². The molecule has 1 aromatic heterocycles. The highest BCUT2D eigenvalue weighted by Crippen LogP contribution is 2.25. The Morgan fingerprint density at radius 1 is 1.04 bits per heavy atom. The lowest BCUT2D eigenvalue weighted by Crippen LogP contribution is -2.32. The Kier molecular flexibility index (Phi) is 5.11. The fraction of sp³-hybridized carbons (Fsp3) is 0.500. The first-order chi connectivity index (χ1) is 11.9. The molecule has 0 atom stereocenters. The molecule has 2 N–H and O–H groups in total. The van der Waals surface area contributed by atoms with Gasteiger partial charge in [0.15, 0.2) is 0 Å². The average molecular weight is 339 g/mol. The Hall–Kier alpha value is -2.30. The summed E-state index contributed by atoms with van der Waals surface area (Å²) in [5.74, 6) is 2.28. The van der Waals surface area contributed by atoms with E-state index in [1.807, 2.05) is 6.07 Å². The molecule has 1 fully saturated rings. The minimum Gasteiger partial charge on any atom is -0.372 e. The van der Waals surface area contributed by atoms with E-state index < -0.39 is 0 Å². The maximum absolute atomic E-state index is 4.53. The molecule has 0 radical (unpaired) electrons. The van der Waals surface area contributed by atoms with Crippen molar-refractivity contribution in [2.75, 3.05) is 28.6 Å². The van der Waals surface area contributed by atoms with Crippen molar-refractivity contribution in [1.82, 2.24) is 9.97 Å². The Labute approximate surface area is 150 Å². The van der Waals surface area contributed by atoms with Crippen molar-refractivity contribution in [2.24, 2.45) is 5.92 Å². The quantitative estimate of drug-likeness (QED) is 0.848. The normalized spacial score (nSPS) is 15.9. The van der Waals surface area contributed by atoms with Gasteiger partial charge in [-0.05, 0) is 69.9 Å². The van der Waals surface area contributed by atoms with Gasteiger partial charge in [0.2, 0.25) is 5.95 Å². The summed E-state index contributed by atoms with van der Waals surface area (Å²) in [6.45, 7) is 10.9. The van der Waals surface area contributed by atoms with Gasteiger partial charge in [-0.2, -0.15) is 4.98 Å². The fourth-order valence-corrected chi connectivity index (χ4v) is 2.99. The van der Waals surface area contributed by atoms with E-state index >= 15 is 0 Å². The van der Waals surface area contributed by atoms with E-state index in [9.17, 15) is 0 Å². The van der Waals surface area contributed by atoms with Crippen molar-refractivity contribution < 1.29 is 0 Å². The van der Waals surface area contributed by atoms with E-state index in [4.69, 9.17) is 0 Å². The first-order valence-corrected chi connectivity index (χ1v) is 9.12. The van der Waals surface area contributed by atoms with Crippen LogP contribution in [0.15, 0.2) is 36.5 Å². The van der Waals surface area contributed by atoms with Gasteiger partial charge in [-0.1, -0.05) is 6.92 Å². The van der Waals surface area contributed by atoms with E-state index in [1.54, 1.807) is 6.20 Å². The molecule has 3 rings (SSSR count). The molecule has 2 heterocycles. The highest BCUT2D eigenvalue weighted by atomic mass is 15.2. The van der Waals surface area contributed by atoms with Gasteiger partial charge in [-0.15, -0.1) is 0 Å². The largest absolute Gasteiger partial charge is 0.372 e. The number of nitrogens with one attached hydrogen (secondary N) is 2. The number of hydrogen-bond donors (Lipinski definition) is 2. The molecule has 2 aromatic rings. The van der Waals surface area contributed by atoms with E-state index in [0.29, 0.717) is 5.95 Å². The topological polar surface area (TPSA) is 53.1 Å². The zero-order valence-electron chi connectivity index (χ0n) is 15.7. The second kappa shape index (κ2) is 7.30. The Balaban J connectivity index is 1.64. The minimum absolute atomic E-state index is 0.0633. The first-order valence-electron chi connectivity index (χ1n) is 9.12. The lowest BCUT2D eigenvalue weighted by Gasteiger charge is -2.32. The summed E-state index contributed by atoms with van der Waals surface area (Å²) in [5.41, 5.74) is 2.27. The second-order valence-electron chi connectivity index (χ2n) is 7.98. The third kappa shape index (κ3) is 5.08. The molecule has 1 saturated heterocycles. The van der Waals surface area contributed by atoms with Gasteiger partial charge in [-0.25, -0.2) is 4.98 Å². The molecule has 1 aliphatic rings. The van der Waals surface area contributed by atoms with Gasteiger partial charge in [0, 0.05) is 36.2 Å². The van der Waals surface area contributed by atoms with Gasteiger partial charge < -0.3 is 15.5 Å². The van der Waals surface area contributed by atoms with E-state index in [2.05, 4.69) is 77.5 Å². The van der Waals surface area contributed by atoms with Gasteiger partial charge in [0.1, 0.15) is 5.82 Å². The molecule has 0 amide bonds. The molecule has 5 heteroatoms. The van der Waals surface area contributed by atoms with Crippen molar-refractivity contribution in [3.8, 4) is 0 Å². The highest BCUT2D eigenvalue weighted by Gasteiger charge is 2.16.